The summed E-state index contributed by atoms with van der Waals surface area (Å²) in [6, 6.07) is 0. The molecule has 0 saturated carbocycles. The van der Waals surface area contributed by atoms with Gasteiger partial charge in [0, 0.05) is 0 Å². The minimum atomic E-state index is -0.0663. The van der Waals surface area contributed by atoms with Crippen LogP contribution in [0, 0.1) is 0 Å². The number of carbonyl (C=O) groups excluding carboxylic acids is 1. The second-order valence-corrected chi connectivity index (χ2v) is 4.56. The van der Waals surface area contributed by atoms with E-state index in [0.29, 0.717) is 13.2 Å². The van der Waals surface area contributed by atoms with E-state index in [0.717, 1.165) is 38.8 Å². The summed E-state index contributed by atoms with van der Waals surface area (Å²) in [5.74, 6) is -0.0663. The van der Waals surface area contributed by atoms with E-state index in [2.05, 4.69) is 25.7 Å². The van der Waals surface area contributed by atoms with Crippen LogP contribution in [-0.2, 0) is 9.53 Å². The first-order valence-corrected chi connectivity index (χ1v) is 7.12. The van der Waals surface area contributed by atoms with E-state index in [-0.39, 0.29) is 5.97 Å². The maximum Gasteiger partial charge on any atom is 0.320 e. The van der Waals surface area contributed by atoms with Crippen LogP contribution >= 0.6 is 0 Å². The van der Waals surface area contributed by atoms with Crippen LogP contribution in [0.3, 0.4) is 0 Å². The average Bonchev–Trinajstić information content (AvgIpc) is 2.29. The molecule has 0 aromatic carbocycles. The maximum absolute atomic E-state index is 11.6. The summed E-state index contributed by atoms with van der Waals surface area (Å²) in [7, 11) is 0. The molecular formula is C14H29NO2. The molecule has 0 heterocycles. The van der Waals surface area contributed by atoms with Crippen molar-refractivity contribution in [2.45, 2.75) is 59.3 Å². The van der Waals surface area contributed by atoms with Crippen LogP contribution in [0.15, 0.2) is 0 Å². The third kappa shape index (κ3) is 10.3. The van der Waals surface area contributed by atoms with E-state index >= 15 is 0 Å². The summed E-state index contributed by atoms with van der Waals surface area (Å²) >= 11 is 0. The summed E-state index contributed by atoms with van der Waals surface area (Å²) < 4.78 is 5.23. The molecule has 0 fully saturated rings. The lowest BCUT2D eigenvalue weighted by Gasteiger charge is -2.19. The van der Waals surface area contributed by atoms with Gasteiger partial charge in [-0.25, -0.2) is 0 Å². The molecule has 0 aromatic heterocycles. The standard InChI is InChI=1S/C14H29NO2/c1-4-7-8-9-12-17-14(16)13-15(10-5-2)11-6-3/h4-13H2,1-3H3. The van der Waals surface area contributed by atoms with Crippen molar-refractivity contribution in [2.24, 2.45) is 0 Å². The van der Waals surface area contributed by atoms with Crippen LogP contribution in [-0.4, -0.2) is 37.1 Å². The van der Waals surface area contributed by atoms with Crippen LogP contribution in [0.1, 0.15) is 59.3 Å². The molecule has 0 aliphatic carbocycles. The molecule has 0 radical (unpaired) electrons. The van der Waals surface area contributed by atoms with Gasteiger partial charge >= 0.3 is 5.97 Å². The largest absolute Gasteiger partial charge is 0.465 e. The van der Waals surface area contributed by atoms with Crippen molar-refractivity contribution in [2.75, 3.05) is 26.2 Å². The lowest BCUT2D eigenvalue weighted by Crippen LogP contribution is -2.32. The number of esters is 1. The molecule has 3 nitrogen and oxygen atoms in total. The number of ether oxygens (including phenoxy) is 1. The zero-order chi connectivity index (χ0) is 12.9. The Labute approximate surface area is 107 Å². The number of rotatable bonds is 11. The predicted octanol–water partition coefficient (Wildman–Crippen LogP) is 3.23. The Morgan fingerprint density at radius 1 is 0.941 bits per heavy atom. The lowest BCUT2D eigenvalue weighted by atomic mass is 10.2. The van der Waals surface area contributed by atoms with Gasteiger partial charge in [0.15, 0.2) is 0 Å². The first-order valence-electron chi connectivity index (χ1n) is 7.12. The molecular weight excluding hydrogens is 214 g/mol. The van der Waals surface area contributed by atoms with Gasteiger partial charge in [0.1, 0.15) is 0 Å². The highest BCUT2D eigenvalue weighted by molar-refractivity contribution is 5.71. The number of unbranched alkanes of at least 4 members (excludes halogenated alkanes) is 3. The molecule has 0 aromatic rings. The Balaban J connectivity index is 3.59. The van der Waals surface area contributed by atoms with Gasteiger partial charge in [-0.15, -0.1) is 0 Å². The normalized spacial score (nSPS) is 10.8. The van der Waals surface area contributed by atoms with Crippen molar-refractivity contribution in [3.63, 3.8) is 0 Å². The summed E-state index contributed by atoms with van der Waals surface area (Å²) in [6.07, 6.45) is 6.79. The van der Waals surface area contributed by atoms with Gasteiger partial charge in [-0.2, -0.15) is 0 Å². The van der Waals surface area contributed by atoms with E-state index in [1.54, 1.807) is 0 Å². The molecule has 0 atom stereocenters. The van der Waals surface area contributed by atoms with Crippen molar-refractivity contribution < 1.29 is 9.53 Å². The number of hydrogen-bond acceptors (Lipinski definition) is 3. The van der Waals surface area contributed by atoms with Crippen molar-refractivity contribution in [3.05, 3.63) is 0 Å². The fourth-order valence-electron chi connectivity index (χ4n) is 1.85. The number of carbonyl (C=O) groups is 1. The molecule has 0 spiro atoms. The highest BCUT2D eigenvalue weighted by Crippen LogP contribution is 2.00. The zero-order valence-corrected chi connectivity index (χ0v) is 11.8. The number of nitrogens with zero attached hydrogens (tertiary/aromatic N) is 1. The monoisotopic (exact) mass is 243 g/mol. The second-order valence-electron chi connectivity index (χ2n) is 4.56. The zero-order valence-electron chi connectivity index (χ0n) is 11.8. The van der Waals surface area contributed by atoms with Crippen LogP contribution in [0.25, 0.3) is 0 Å². The van der Waals surface area contributed by atoms with Crippen LogP contribution in [0.4, 0.5) is 0 Å². The van der Waals surface area contributed by atoms with E-state index in [1.165, 1.54) is 12.8 Å². The first kappa shape index (κ1) is 16.4. The molecule has 0 aliphatic heterocycles. The number of hydrogen-bond donors (Lipinski definition) is 0. The minimum Gasteiger partial charge on any atom is -0.465 e. The molecule has 3 heteroatoms. The summed E-state index contributed by atoms with van der Waals surface area (Å²) in [4.78, 5) is 13.7. The second kappa shape index (κ2) is 11.9. The Morgan fingerprint density at radius 2 is 1.59 bits per heavy atom. The molecule has 0 aliphatic rings. The Bertz CT molecular complexity index is 177. The summed E-state index contributed by atoms with van der Waals surface area (Å²) in [6.45, 7) is 9.47. The van der Waals surface area contributed by atoms with Gasteiger partial charge < -0.3 is 4.74 Å². The van der Waals surface area contributed by atoms with Gasteiger partial charge in [-0.1, -0.05) is 40.0 Å². The van der Waals surface area contributed by atoms with Crippen LogP contribution < -0.4 is 0 Å². The van der Waals surface area contributed by atoms with E-state index in [4.69, 9.17) is 4.74 Å². The Hall–Kier alpha value is -0.570. The van der Waals surface area contributed by atoms with E-state index in [9.17, 15) is 4.79 Å². The molecule has 0 bridgehead atoms. The smallest absolute Gasteiger partial charge is 0.320 e. The fourth-order valence-corrected chi connectivity index (χ4v) is 1.85. The molecule has 0 unspecified atom stereocenters. The Kier molecular flexibility index (Phi) is 11.5. The van der Waals surface area contributed by atoms with Crippen molar-refractivity contribution >= 4 is 5.97 Å². The van der Waals surface area contributed by atoms with Gasteiger partial charge in [0.2, 0.25) is 0 Å². The van der Waals surface area contributed by atoms with Crippen LogP contribution in [0.2, 0.25) is 0 Å². The first-order chi connectivity index (χ1) is 8.24. The SMILES string of the molecule is CCCCCCOC(=O)CN(CCC)CCC. The third-order valence-corrected chi connectivity index (χ3v) is 2.69. The van der Waals surface area contributed by atoms with Gasteiger partial charge in [0.05, 0.1) is 13.2 Å². The quantitative estimate of drug-likeness (QED) is 0.412. The molecule has 102 valence electrons. The highest BCUT2D eigenvalue weighted by Gasteiger charge is 2.09. The topological polar surface area (TPSA) is 29.5 Å². The highest BCUT2D eigenvalue weighted by atomic mass is 16.5. The molecule has 0 rings (SSSR count). The van der Waals surface area contributed by atoms with E-state index < -0.39 is 0 Å². The molecule has 17 heavy (non-hydrogen) atoms. The molecule has 0 saturated heterocycles. The van der Waals surface area contributed by atoms with E-state index in [1.807, 2.05) is 0 Å². The fraction of sp³-hybridized carbons (Fsp3) is 0.929. The molecule has 0 amide bonds. The van der Waals surface area contributed by atoms with Gasteiger partial charge in [0.25, 0.3) is 0 Å². The minimum absolute atomic E-state index is 0.0663. The average molecular weight is 243 g/mol. The van der Waals surface area contributed by atoms with Crippen LogP contribution in [0.5, 0.6) is 0 Å². The van der Waals surface area contributed by atoms with Crippen molar-refractivity contribution in [1.29, 1.82) is 0 Å². The Morgan fingerprint density at radius 3 is 2.12 bits per heavy atom. The van der Waals surface area contributed by atoms with Crippen molar-refractivity contribution in [3.8, 4) is 0 Å². The molecule has 0 N–H and O–H groups in total. The van der Waals surface area contributed by atoms with Crippen molar-refractivity contribution in [1.82, 2.24) is 4.90 Å². The lowest BCUT2D eigenvalue weighted by molar-refractivity contribution is -0.145. The summed E-state index contributed by atoms with van der Waals surface area (Å²) in [5, 5.41) is 0. The third-order valence-electron chi connectivity index (χ3n) is 2.69. The van der Waals surface area contributed by atoms with Gasteiger partial charge in [-0.3, -0.25) is 9.69 Å². The van der Waals surface area contributed by atoms with Gasteiger partial charge in [-0.05, 0) is 32.4 Å². The maximum atomic E-state index is 11.6. The predicted molar refractivity (Wildman–Crippen MR) is 72.1 cm³/mol. The summed E-state index contributed by atoms with van der Waals surface area (Å²) in [5.41, 5.74) is 0.